The number of rotatable bonds is 13. The molecule has 0 aliphatic heterocycles. The molecule has 1 fully saturated rings. The van der Waals surface area contributed by atoms with Gasteiger partial charge in [-0.3, -0.25) is 13.9 Å². The van der Waals surface area contributed by atoms with Crippen LogP contribution in [0.25, 0.3) is 0 Å². The molecule has 1 N–H and O–H groups in total. The van der Waals surface area contributed by atoms with Crippen molar-refractivity contribution in [2.24, 2.45) is 0 Å². The van der Waals surface area contributed by atoms with Crippen molar-refractivity contribution in [2.75, 3.05) is 17.1 Å². The molecule has 0 bridgehead atoms. The highest BCUT2D eigenvalue weighted by molar-refractivity contribution is 7.92. The van der Waals surface area contributed by atoms with Crippen LogP contribution in [-0.4, -0.2) is 50.0 Å². The zero-order valence-electron chi connectivity index (χ0n) is 24.6. The fourth-order valence-corrected chi connectivity index (χ4v) is 6.94. The Kier molecular flexibility index (Phi) is 11.5. The Bertz CT molecular complexity index is 1510. The van der Waals surface area contributed by atoms with E-state index in [-0.39, 0.29) is 43.8 Å². The van der Waals surface area contributed by atoms with Gasteiger partial charge in [0.2, 0.25) is 21.8 Å². The minimum Gasteiger partial charge on any atom is -0.352 e. The monoisotopic (exact) mass is 643 g/mol. The van der Waals surface area contributed by atoms with Gasteiger partial charge >= 0.3 is 0 Å². The Labute approximate surface area is 265 Å². The van der Waals surface area contributed by atoms with Crippen LogP contribution in [-0.2, 0) is 32.6 Å². The lowest BCUT2D eigenvalue weighted by Crippen LogP contribution is -2.52. The first kappa shape index (κ1) is 32.8. The van der Waals surface area contributed by atoms with E-state index in [1.807, 2.05) is 55.5 Å². The average molecular weight is 645 g/mol. The zero-order chi connectivity index (χ0) is 31.0. The number of anilines is 1. The molecule has 2 amide bonds. The van der Waals surface area contributed by atoms with Gasteiger partial charge in [0.05, 0.1) is 11.9 Å². The number of sulfonamides is 1. The topological polar surface area (TPSA) is 86.8 Å². The molecule has 1 atom stereocenters. The summed E-state index contributed by atoms with van der Waals surface area (Å²) in [5, 5.41) is 4.13. The molecule has 230 valence electrons. The van der Waals surface area contributed by atoms with Gasteiger partial charge in [-0.25, -0.2) is 8.42 Å². The second-order valence-electron chi connectivity index (χ2n) is 11.2. The van der Waals surface area contributed by atoms with Crippen LogP contribution < -0.4 is 9.62 Å². The Morgan fingerprint density at radius 3 is 2.33 bits per heavy atom. The second kappa shape index (κ2) is 15.1. The van der Waals surface area contributed by atoms with E-state index in [0.717, 1.165) is 48.6 Å². The van der Waals surface area contributed by atoms with Gasteiger partial charge in [-0.15, -0.1) is 0 Å². The van der Waals surface area contributed by atoms with Crippen molar-refractivity contribution in [3.8, 4) is 0 Å². The van der Waals surface area contributed by atoms with E-state index in [1.165, 1.54) is 4.31 Å². The minimum absolute atomic E-state index is 0.0398. The summed E-state index contributed by atoms with van der Waals surface area (Å²) < 4.78 is 26.8. The van der Waals surface area contributed by atoms with E-state index in [4.69, 9.17) is 23.2 Å². The number of hydrogen-bond donors (Lipinski definition) is 1. The first-order valence-electron chi connectivity index (χ1n) is 14.6. The van der Waals surface area contributed by atoms with Gasteiger partial charge < -0.3 is 10.2 Å². The van der Waals surface area contributed by atoms with Crippen LogP contribution >= 0.6 is 23.2 Å². The largest absolute Gasteiger partial charge is 0.352 e. The second-order valence-corrected chi connectivity index (χ2v) is 13.9. The summed E-state index contributed by atoms with van der Waals surface area (Å²) in [7, 11) is -3.65. The van der Waals surface area contributed by atoms with Crippen molar-refractivity contribution in [3.05, 3.63) is 99.5 Å². The summed E-state index contributed by atoms with van der Waals surface area (Å²) in [6, 6.07) is 21.4. The van der Waals surface area contributed by atoms with Gasteiger partial charge in [-0.1, -0.05) is 90.6 Å². The summed E-state index contributed by atoms with van der Waals surface area (Å²) in [6.07, 6.45) is 5.75. The molecule has 0 saturated heterocycles. The number of amides is 2. The quantitative estimate of drug-likeness (QED) is 0.229. The van der Waals surface area contributed by atoms with Gasteiger partial charge in [-0.2, -0.15) is 0 Å². The highest BCUT2D eigenvalue weighted by Gasteiger charge is 2.32. The summed E-state index contributed by atoms with van der Waals surface area (Å²) >= 11 is 12.7. The van der Waals surface area contributed by atoms with Crippen LogP contribution in [0.15, 0.2) is 72.8 Å². The molecule has 1 aliphatic carbocycles. The maximum atomic E-state index is 14.0. The summed E-state index contributed by atoms with van der Waals surface area (Å²) in [4.78, 5) is 29.5. The predicted octanol–water partition coefficient (Wildman–Crippen LogP) is 6.55. The van der Waals surface area contributed by atoms with Gasteiger partial charge in [0.1, 0.15) is 6.04 Å². The molecule has 1 saturated carbocycles. The van der Waals surface area contributed by atoms with Gasteiger partial charge in [-0.05, 0) is 61.1 Å². The lowest BCUT2D eigenvalue weighted by molar-refractivity contribution is -0.141. The van der Waals surface area contributed by atoms with Crippen LogP contribution in [0, 0.1) is 6.92 Å². The first-order valence-corrected chi connectivity index (χ1v) is 17.2. The van der Waals surface area contributed by atoms with Gasteiger partial charge in [0, 0.05) is 42.0 Å². The van der Waals surface area contributed by atoms with Crippen molar-refractivity contribution < 1.29 is 18.0 Å². The number of nitrogens with one attached hydrogen (secondary N) is 1. The number of halogens is 2. The standard InChI is InChI=1S/C33H39Cl2N3O4S/c1-24-18-19-27(34)22-30(24)38(43(2,41)42)20-10-17-32(39)37(23-26-13-6-9-16-29(26)35)31(21-25-11-4-3-5-12-25)33(40)36-28-14-7-8-15-28/h3-6,9,11-13,16,18-19,22,28,31H,7-8,10,14-15,17,20-21,23H2,1-2H3,(H,36,40)/t31-/m1/s1. The molecule has 0 radical (unpaired) electrons. The van der Waals surface area contributed by atoms with Crippen molar-refractivity contribution in [3.63, 3.8) is 0 Å². The fourth-order valence-electron chi connectivity index (χ4n) is 5.57. The minimum atomic E-state index is -3.65. The van der Waals surface area contributed by atoms with Gasteiger partial charge in [0.25, 0.3) is 0 Å². The van der Waals surface area contributed by atoms with E-state index in [9.17, 15) is 18.0 Å². The molecule has 1 aliphatic rings. The van der Waals surface area contributed by atoms with Crippen LogP contribution in [0.3, 0.4) is 0 Å². The molecular formula is C33H39Cl2N3O4S. The Balaban J connectivity index is 1.61. The Hall–Kier alpha value is -3.07. The number of nitrogens with zero attached hydrogens (tertiary/aromatic N) is 2. The van der Waals surface area contributed by atoms with E-state index in [1.54, 1.807) is 29.2 Å². The van der Waals surface area contributed by atoms with Gasteiger partial charge in [0.15, 0.2) is 0 Å². The number of benzene rings is 3. The van der Waals surface area contributed by atoms with Crippen LogP contribution in [0.2, 0.25) is 10.0 Å². The van der Waals surface area contributed by atoms with E-state index >= 15 is 0 Å². The molecule has 10 heteroatoms. The molecule has 7 nitrogen and oxygen atoms in total. The third-order valence-corrected chi connectivity index (χ3v) is 9.65. The first-order chi connectivity index (χ1) is 20.5. The fraction of sp³-hybridized carbons (Fsp3) is 0.394. The maximum Gasteiger partial charge on any atom is 0.243 e. The summed E-state index contributed by atoms with van der Waals surface area (Å²) in [5.41, 5.74) is 2.91. The number of aryl methyl sites for hydroxylation is 1. The molecule has 3 aromatic rings. The lowest BCUT2D eigenvalue weighted by Gasteiger charge is -2.33. The van der Waals surface area contributed by atoms with Crippen molar-refractivity contribution in [1.29, 1.82) is 0 Å². The van der Waals surface area contributed by atoms with Crippen LogP contribution in [0.1, 0.15) is 55.2 Å². The molecule has 3 aromatic carbocycles. The highest BCUT2D eigenvalue weighted by atomic mass is 35.5. The molecule has 0 heterocycles. The van der Waals surface area contributed by atoms with Crippen LogP contribution in [0.5, 0.6) is 0 Å². The Morgan fingerprint density at radius 2 is 1.65 bits per heavy atom. The molecule has 0 aromatic heterocycles. The molecular weight excluding hydrogens is 605 g/mol. The molecule has 0 unspecified atom stereocenters. The third kappa shape index (κ3) is 9.21. The van der Waals surface area contributed by atoms with Crippen molar-refractivity contribution in [2.45, 2.75) is 70.5 Å². The number of hydrogen-bond acceptors (Lipinski definition) is 4. The summed E-state index contributed by atoms with van der Waals surface area (Å²) in [5.74, 6) is -0.442. The average Bonchev–Trinajstić information content (AvgIpc) is 3.48. The Morgan fingerprint density at radius 1 is 0.977 bits per heavy atom. The molecule has 4 rings (SSSR count). The van der Waals surface area contributed by atoms with Crippen molar-refractivity contribution in [1.82, 2.24) is 10.2 Å². The molecule has 0 spiro atoms. The lowest BCUT2D eigenvalue weighted by atomic mass is 10.0. The third-order valence-electron chi connectivity index (χ3n) is 7.86. The normalized spacial score (nSPS) is 14.3. The zero-order valence-corrected chi connectivity index (χ0v) is 27.0. The van der Waals surface area contributed by atoms with E-state index in [0.29, 0.717) is 22.2 Å². The van der Waals surface area contributed by atoms with E-state index < -0.39 is 16.1 Å². The summed E-state index contributed by atoms with van der Waals surface area (Å²) in [6.45, 7) is 2.05. The smallest absolute Gasteiger partial charge is 0.243 e. The molecule has 43 heavy (non-hydrogen) atoms. The van der Waals surface area contributed by atoms with Crippen molar-refractivity contribution >= 4 is 50.7 Å². The maximum absolute atomic E-state index is 14.0. The van der Waals surface area contributed by atoms with Crippen LogP contribution in [0.4, 0.5) is 5.69 Å². The SMILES string of the molecule is Cc1ccc(Cl)cc1N(CCCC(=O)N(Cc1ccccc1Cl)[C@H](Cc1ccccc1)C(=O)NC1CCCC1)S(C)(=O)=O. The number of carbonyl (C=O) groups is 2. The highest BCUT2D eigenvalue weighted by Crippen LogP contribution is 2.27. The van der Waals surface area contributed by atoms with E-state index in [2.05, 4.69) is 5.32 Å². The number of carbonyl (C=O) groups excluding carboxylic acids is 2. The predicted molar refractivity (Wildman–Crippen MR) is 174 cm³/mol.